The number of nitrogens with zero attached hydrogens (tertiary/aromatic N) is 1. The number of rotatable bonds is 4. The largest absolute Gasteiger partial charge is 0.326 e. The van der Waals surface area contributed by atoms with Gasteiger partial charge in [-0.05, 0) is 50.2 Å². The Balaban J connectivity index is 1.54. The molecule has 1 aliphatic rings. The van der Waals surface area contributed by atoms with E-state index in [9.17, 15) is 13.6 Å². The zero-order chi connectivity index (χ0) is 18.7. The van der Waals surface area contributed by atoms with E-state index in [0.29, 0.717) is 29.4 Å². The van der Waals surface area contributed by atoms with Crippen molar-refractivity contribution < 1.29 is 13.6 Å². The Morgan fingerprint density at radius 3 is 2.35 bits per heavy atom. The standard InChI is InChI=1S/C19H18Cl2F2N2O/c20-15-2-1-3-16(21)14(15)11-25-8-6-12(7-9-25)19(26)24-13-4-5-17(22)18(23)10-13/h1-5,10,12H,6-9,11H2,(H,24,26). The first kappa shape index (κ1) is 19.1. The summed E-state index contributed by atoms with van der Waals surface area (Å²) in [7, 11) is 0. The molecule has 1 saturated heterocycles. The third kappa shape index (κ3) is 4.53. The Labute approximate surface area is 160 Å². The fraction of sp³-hybridized carbons (Fsp3) is 0.316. The molecule has 0 radical (unpaired) electrons. The average Bonchev–Trinajstić information content (AvgIpc) is 2.62. The van der Waals surface area contributed by atoms with E-state index in [2.05, 4.69) is 10.2 Å². The van der Waals surface area contributed by atoms with Gasteiger partial charge in [0.05, 0.1) is 0 Å². The average molecular weight is 399 g/mol. The number of carbonyl (C=O) groups excluding carboxylic acids is 1. The maximum atomic E-state index is 13.2. The van der Waals surface area contributed by atoms with Crippen LogP contribution in [-0.4, -0.2) is 23.9 Å². The fourth-order valence-corrected chi connectivity index (χ4v) is 3.60. The Bertz CT molecular complexity index is 788. The molecule has 3 rings (SSSR count). The number of halogens is 4. The van der Waals surface area contributed by atoms with E-state index in [1.165, 1.54) is 6.07 Å². The topological polar surface area (TPSA) is 32.3 Å². The van der Waals surface area contributed by atoms with Crippen LogP contribution in [0, 0.1) is 17.6 Å². The minimum atomic E-state index is -0.978. The molecule has 0 spiro atoms. The summed E-state index contributed by atoms with van der Waals surface area (Å²) in [6.07, 6.45) is 1.36. The predicted octanol–water partition coefficient (Wildman–Crippen LogP) is 5.12. The normalized spacial score (nSPS) is 15.8. The Hall–Kier alpha value is -1.69. The molecule has 7 heteroatoms. The molecule has 1 amide bonds. The number of hydrogen-bond donors (Lipinski definition) is 1. The zero-order valence-electron chi connectivity index (χ0n) is 13.9. The zero-order valence-corrected chi connectivity index (χ0v) is 15.5. The van der Waals surface area contributed by atoms with Crippen LogP contribution in [0.5, 0.6) is 0 Å². The molecule has 0 bridgehead atoms. The van der Waals surface area contributed by atoms with Gasteiger partial charge >= 0.3 is 0 Å². The van der Waals surface area contributed by atoms with Crippen LogP contribution in [0.3, 0.4) is 0 Å². The van der Waals surface area contributed by atoms with Crippen molar-refractivity contribution in [2.75, 3.05) is 18.4 Å². The lowest BCUT2D eigenvalue weighted by atomic mass is 9.95. The summed E-state index contributed by atoms with van der Waals surface area (Å²) in [5.41, 5.74) is 1.15. The van der Waals surface area contributed by atoms with Gasteiger partial charge in [0.2, 0.25) is 5.91 Å². The molecule has 3 nitrogen and oxygen atoms in total. The predicted molar refractivity (Wildman–Crippen MR) is 99.5 cm³/mol. The highest BCUT2D eigenvalue weighted by atomic mass is 35.5. The second kappa shape index (κ2) is 8.33. The first-order valence-corrected chi connectivity index (χ1v) is 9.11. The number of hydrogen-bond acceptors (Lipinski definition) is 2. The van der Waals surface area contributed by atoms with Crippen LogP contribution in [-0.2, 0) is 11.3 Å². The number of anilines is 1. The summed E-state index contributed by atoms with van der Waals surface area (Å²) < 4.78 is 26.2. The monoisotopic (exact) mass is 398 g/mol. The summed E-state index contributed by atoms with van der Waals surface area (Å²) >= 11 is 12.4. The number of benzene rings is 2. The van der Waals surface area contributed by atoms with Crippen LogP contribution >= 0.6 is 23.2 Å². The summed E-state index contributed by atoms with van der Waals surface area (Å²) in [5, 5.41) is 3.93. The molecule has 0 saturated carbocycles. The molecular formula is C19H18Cl2F2N2O. The number of nitrogens with one attached hydrogen (secondary N) is 1. The highest BCUT2D eigenvalue weighted by Crippen LogP contribution is 2.28. The van der Waals surface area contributed by atoms with Gasteiger partial charge in [-0.1, -0.05) is 29.3 Å². The van der Waals surface area contributed by atoms with Crippen molar-refractivity contribution in [3.05, 3.63) is 63.6 Å². The summed E-state index contributed by atoms with van der Waals surface area (Å²) in [4.78, 5) is 14.6. The molecule has 2 aromatic rings. The van der Waals surface area contributed by atoms with Gasteiger partial charge in [0, 0.05) is 39.8 Å². The Morgan fingerprint density at radius 1 is 1.08 bits per heavy atom. The van der Waals surface area contributed by atoms with Gasteiger partial charge in [-0.25, -0.2) is 8.78 Å². The van der Waals surface area contributed by atoms with Crippen LogP contribution in [0.25, 0.3) is 0 Å². The van der Waals surface area contributed by atoms with Gasteiger partial charge in [-0.15, -0.1) is 0 Å². The Morgan fingerprint density at radius 2 is 1.73 bits per heavy atom. The van der Waals surface area contributed by atoms with E-state index in [1.807, 2.05) is 18.2 Å². The quantitative estimate of drug-likeness (QED) is 0.774. The lowest BCUT2D eigenvalue weighted by Crippen LogP contribution is -2.37. The van der Waals surface area contributed by atoms with Gasteiger partial charge in [0.15, 0.2) is 11.6 Å². The van der Waals surface area contributed by atoms with Crippen LogP contribution in [0.1, 0.15) is 18.4 Å². The molecule has 0 aliphatic carbocycles. The summed E-state index contributed by atoms with van der Waals surface area (Å²) in [6, 6.07) is 8.77. The minimum Gasteiger partial charge on any atom is -0.326 e. The molecule has 1 fully saturated rings. The minimum absolute atomic E-state index is 0.166. The summed E-state index contributed by atoms with van der Waals surface area (Å²) in [6.45, 7) is 2.10. The third-order valence-corrected chi connectivity index (χ3v) is 5.30. The van der Waals surface area contributed by atoms with Gasteiger partial charge in [-0.3, -0.25) is 9.69 Å². The molecule has 1 heterocycles. The number of carbonyl (C=O) groups is 1. The van der Waals surface area contributed by atoms with Crippen molar-refractivity contribution in [2.24, 2.45) is 5.92 Å². The molecule has 26 heavy (non-hydrogen) atoms. The smallest absolute Gasteiger partial charge is 0.227 e. The number of piperidine rings is 1. The van der Waals surface area contributed by atoms with Crippen molar-refractivity contribution in [1.82, 2.24) is 4.90 Å². The molecule has 0 aromatic heterocycles. The van der Waals surface area contributed by atoms with Gasteiger partial charge < -0.3 is 5.32 Å². The fourth-order valence-electron chi connectivity index (χ4n) is 3.08. The van der Waals surface area contributed by atoms with Crippen molar-refractivity contribution >= 4 is 34.8 Å². The maximum absolute atomic E-state index is 13.2. The highest BCUT2D eigenvalue weighted by molar-refractivity contribution is 6.35. The lowest BCUT2D eigenvalue weighted by Gasteiger charge is -2.31. The van der Waals surface area contributed by atoms with Crippen LogP contribution in [0.15, 0.2) is 36.4 Å². The van der Waals surface area contributed by atoms with Crippen molar-refractivity contribution in [2.45, 2.75) is 19.4 Å². The number of amides is 1. The van der Waals surface area contributed by atoms with E-state index in [4.69, 9.17) is 23.2 Å². The van der Waals surface area contributed by atoms with E-state index < -0.39 is 11.6 Å². The molecule has 1 aliphatic heterocycles. The van der Waals surface area contributed by atoms with E-state index in [-0.39, 0.29) is 17.5 Å². The van der Waals surface area contributed by atoms with Crippen molar-refractivity contribution in [3.8, 4) is 0 Å². The van der Waals surface area contributed by atoms with Gasteiger partial charge in [0.25, 0.3) is 0 Å². The first-order valence-electron chi connectivity index (χ1n) is 8.35. The Kier molecular flexibility index (Phi) is 6.12. The third-order valence-electron chi connectivity index (χ3n) is 4.59. The van der Waals surface area contributed by atoms with Crippen molar-refractivity contribution in [1.29, 1.82) is 0 Å². The van der Waals surface area contributed by atoms with Crippen LogP contribution in [0.4, 0.5) is 14.5 Å². The molecule has 0 atom stereocenters. The van der Waals surface area contributed by atoms with Crippen LogP contribution in [0.2, 0.25) is 10.0 Å². The van der Waals surface area contributed by atoms with E-state index in [0.717, 1.165) is 30.8 Å². The second-order valence-electron chi connectivity index (χ2n) is 6.37. The molecule has 1 N–H and O–H groups in total. The van der Waals surface area contributed by atoms with Gasteiger partial charge in [-0.2, -0.15) is 0 Å². The maximum Gasteiger partial charge on any atom is 0.227 e. The van der Waals surface area contributed by atoms with Crippen molar-refractivity contribution in [3.63, 3.8) is 0 Å². The lowest BCUT2D eigenvalue weighted by molar-refractivity contribution is -0.121. The number of likely N-dealkylation sites (tertiary alicyclic amines) is 1. The van der Waals surface area contributed by atoms with E-state index in [1.54, 1.807) is 0 Å². The molecule has 0 unspecified atom stereocenters. The van der Waals surface area contributed by atoms with Gasteiger partial charge in [0.1, 0.15) is 0 Å². The van der Waals surface area contributed by atoms with E-state index >= 15 is 0 Å². The highest BCUT2D eigenvalue weighted by Gasteiger charge is 2.26. The molecular weight excluding hydrogens is 381 g/mol. The SMILES string of the molecule is O=C(Nc1ccc(F)c(F)c1)C1CCN(Cc2c(Cl)cccc2Cl)CC1. The molecule has 2 aromatic carbocycles. The summed E-state index contributed by atoms with van der Waals surface area (Å²) in [5.74, 6) is -2.25. The first-order chi connectivity index (χ1) is 12.4. The van der Waals surface area contributed by atoms with Crippen LogP contribution < -0.4 is 5.32 Å². The molecule has 138 valence electrons. The second-order valence-corrected chi connectivity index (χ2v) is 7.18.